The van der Waals surface area contributed by atoms with Crippen LogP contribution in [0.1, 0.15) is 50.3 Å². The Morgan fingerprint density at radius 3 is 2.12 bits per heavy atom. The predicted molar refractivity (Wildman–Crippen MR) is 161 cm³/mol. The fourth-order valence-electron chi connectivity index (χ4n) is 5.41. The number of nitrogens with one attached hydrogen (secondary N) is 2. The summed E-state index contributed by atoms with van der Waals surface area (Å²) in [6.07, 6.45) is 3.25. The summed E-state index contributed by atoms with van der Waals surface area (Å²) in [6, 6.07) is 26.6. The van der Waals surface area contributed by atoms with E-state index in [1.54, 1.807) is 6.20 Å². The van der Waals surface area contributed by atoms with Gasteiger partial charge in [0.05, 0.1) is 16.9 Å². The number of benzene rings is 3. The number of rotatable bonds is 7. The van der Waals surface area contributed by atoms with Gasteiger partial charge >= 0.3 is 13.2 Å². The highest BCUT2D eigenvalue weighted by Crippen LogP contribution is 2.44. The number of alkyl carbamates (subject to hydrolysis) is 1. The summed E-state index contributed by atoms with van der Waals surface area (Å²) in [5, 5.41) is 9.95. The molecule has 1 saturated heterocycles. The Labute approximate surface area is 241 Å². The third kappa shape index (κ3) is 5.33. The quantitative estimate of drug-likeness (QED) is 0.254. The first-order valence-corrected chi connectivity index (χ1v) is 14.0. The summed E-state index contributed by atoms with van der Waals surface area (Å²) in [5.41, 5.74) is 7.48. The van der Waals surface area contributed by atoms with Gasteiger partial charge in [0.1, 0.15) is 6.61 Å². The molecule has 0 atom stereocenters. The Hall–Kier alpha value is -4.14. The molecule has 208 valence electrons. The fraction of sp³-hybridized carbons (Fsp3) is 0.273. The smallest absolute Gasteiger partial charge is 0.449 e. The average Bonchev–Trinajstić information content (AvgIpc) is 3.66. The molecule has 3 aromatic carbocycles. The zero-order chi connectivity index (χ0) is 28.6. The second-order valence-electron chi connectivity index (χ2n) is 11.6. The molecule has 0 saturated carbocycles. The van der Waals surface area contributed by atoms with E-state index in [1.165, 1.54) is 22.3 Å². The molecule has 0 bridgehead atoms. The Morgan fingerprint density at radius 1 is 0.927 bits per heavy atom. The molecule has 1 aromatic heterocycles. The van der Waals surface area contributed by atoms with Gasteiger partial charge in [0.2, 0.25) is 0 Å². The minimum Gasteiger partial charge on any atom is -0.449 e. The van der Waals surface area contributed by atoms with E-state index in [-0.39, 0.29) is 19.1 Å². The molecule has 1 aliphatic carbocycles. The van der Waals surface area contributed by atoms with Crippen LogP contribution in [0.3, 0.4) is 0 Å². The van der Waals surface area contributed by atoms with Crippen LogP contribution in [0, 0.1) is 0 Å². The van der Waals surface area contributed by atoms with E-state index in [0.717, 1.165) is 22.3 Å². The number of ether oxygens (including phenoxy) is 1. The summed E-state index contributed by atoms with van der Waals surface area (Å²) in [5.74, 6) is -0.000328. The molecule has 0 spiro atoms. The number of hydrogen-bond donors (Lipinski definition) is 2. The Balaban J connectivity index is 1.17. The van der Waals surface area contributed by atoms with Crippen LogP contribution < -0.4 is 5.32 Å². The van der Waals surface area contributed by atoms with Crippen molar-refractivity contribution in [1.82, 2.24) is 15.5 Å². The highest BCUT2D eigenvalue weighted by Gasteiger charge is 2.52. The molecule has 41 heavy (non-hydrogen) atoms. The number of H-pyrrole nitrogens is 1. The van der Waals surface area contributed by atoms with Crippen LogP contribution in [0.2, 0.25) is 0 Å². The monoisotopic (exact) mass is 547 g/mol. The molecule has 4 aromatic rings. The SMILES string of the molecule is CC1(C)OB(C(=Cc2ccc(-c3ccn[nH]3)cc2)CNC(=O)OCC2c3ccccc3-c3ccccc32)OC1(C)C. The van der Waals surface area contributed by atoms with E-state index in [0.29, 0.717) is 0 Å². The molecule has 2 N–H and O–H groups in total. The minimum absolute atomic E-state index is 0.000328. The van der Waals surface area contributed by atoms with Gasteiger partial charge in [-0.3, -0.25) is 5.10 Å². The van der Waals surface area contributed by atoms with Gasteiger partial charge in [-0.25, -0.2) is 4.79 Å². The van der Waals surface area contributed by atoms with E-state index >= 15 is 0 Å². The predicted octanol–water partition coefficient (Wildman–Crippen LogP) is 6.63. The van der Waals surface area contributed by atoms with Gasteiger partial charge in [0, 0.05) is 18.7 Å². The highest BCUT2D eigenvalue weighted by atomic mass is 16.7. The van der Waals surface area contributed by atoms with Gasteiger partial charge in [-0.15, -0.1) is 0 Å². The lowest BCUT2D eigenvalue weighted by molar-refractivity contribution is 0.00578. The van der Waals surface area contributed by atoms with Crippen molar-refractivity contribution in [3.63, 3.8) is 0 Å². The number of aromatic amines is 1. The number of nitrogens with zero attached hydrogens (tertiary/aromatic N) is 1. The third-order valence-corrected chi connectivity index (χ3v) is 8.41. The van der Waals surface area contributed by atoms with E-state index in [1.807, 2.05) is 88.4 Å². The fourth-order valence-corrected chi connectivity index (χ4v) is 5.41. The van der Waals surface area contributed by atoms with Gasteiger partial charge in [-0.05, 0) is 72.6 Å². The summed E-state index contributed by atoms with van der Waals surface area (Å²) >= 11 is 0. The van der Waals surface area contributed by atoms with E-state index < -0.39 is 24.4 Å². The van der Waals surface area contributed by atoms with Gasteiger partial charge in [0.25, 0.3) is 0 Å². The Morgan fingerprint density at radius 2 is 1.54 bits per heavy atom. The van der Waals surface area contributed by atoms with Crippen molar-refractivity contribution in [2.24, 2.45) is 0 Å². The number of aromatic nitrogens is 2. The van der Waals surface area contributed by atoms with Gasteiger partial charge < -0.3 is 19.4 Å². The molecule has 0 radical (unpaired) electrons. The van der Waals surface area contributed by atoms with E-state index in [4.69, 9.17) is 14.0 Å². The first kappa shape index (κ1) is 27.1. The summed E-state index contributed by atoms with van der Waals surface area (Å²) in [6.45, 7) is 8.54. The summed E-state index contributed by atoms with van der Waals surface area (Å²) < 4.78 is 18.4. The van der Waals surface area contributed by atoms with Crippen LogP contribution in [0.25, 0.3) is 28.5 Å². The van der Waals surface area contributed by atoms with Crippen LogP contribution in [-0.2, 0) is 14.0 Å². The maximum Gasteiger partial charge on any atom is 0.492 e. The lowest BCUT2D eigenvalue weighted by atomic mass is 9.77. The van der Waals surface area contributed by atoms with Crippen molar-refractivity contribution in [2.75, 3.05) is 13.2 Å². The van der Waals surface area contributed by atoms with Gasteiger partial charge in [-0.1, -0.05) is 78.9 Å². The van der Waals surface area contributed by atoms with Crippen LogP contribution in [0.5, 0.6) is 0 Å². The van der Waals surface area contributed by atoms with Crippen molar-refractivity contribution in [1.29, 1.82) is 0 Å². The molecule has 8 heteroatoms. The molecule has 7 nitrogen and oxygen atoms in total. The second kappa shape index (κ2) is 10.7. The normalized spacial score (nSPS) is 17.3. The summed E-state index contributed by atoms with van der Waals surface area (Å²) in [7, 11) is -0.610. The molecular formula is C33H34BN3O4. The van der Waals surface area contributed by atoms with E-state index in [9.17, 15) is 4.79 Å². The zero-order valence-corrected chi connectivity index (χ0v) is 23.8. The molecule has 1 aliphatic heterocycles. The second-order valence-corrected chi connectivity index (χ2v) is 11.6. The Kier molecular flexibility index (Phi) is 7.05. The minimum atomic E-state index is -0.610. The third-order valence-electron chi connectivity index (χ3n) is 8.41. The number of fused-ring (bicyclic) bond motifs is 3. The molecule has 6 rings (SSSR count). The highest BCUT2D eigenvalue weighted by molar-refractivity contribution is 6.56. The molecular weight excluding hydrogens is 513 g/mol. The lowest BCUT2D eigenvalue weighted by Crippen LogP contribution is -2.41. The van der Waals surface area contributed by atoms with E-state index in [2.05, 4.69) is 39.8 Å². The Bertz CT molecular complexity index is 1520. The van der Waals surface area contributed by atoms with Crippen molar-refractivity contribution in [3.05, 3.63) is 107 Å². The van der Waals surface area contributed by atoms with Crippen LogP contribution in [-0.4, -0.2) is 47.8 Å². The number of hydrogen-bond acceptors (Lipinski definition) is 5. The maximum atomic E-state index is 13.0. The first-order chi connectivity index (χ1) is 19.7. The maximum absolute atomic E-state index is 13.0. The van der Waals surface area contributed by atoms with Gasteiger partial charge in [-0.2, -0.15) is 5.10 Å². The molecule has 1 amide bonds. The number of amides is 1. The van der Waals surface area contributed by atoms with Gasteiger partial charge in [0.15, 0.2) is 0 Å². The molecule has 1 fully saturated rings. The number of carbonyl (C=O) groups is 1. The largest absolute Gasteiger partial charge is 0.492 e. The molecule has 0 unspecified atom stereocenters. The van der Waals surface area contributed by atoms with Crippen molar-refractivity contribution >= 4 is 19.3 Å². The zero-order valence-electron chi connectivity index (χ0n) is 23.8. The standard InChI is InChI=1S/C33H34BN3O4/c1-32(2)33(3,4)41-34(40-32)24(19-22-13-15-23(16-14-22)30-17-18-36-37-30)20-35-31(38)39-21-29-27-11-7-5-9-25(27)26-10-6-8-12-28(26)29/h5-19,29H,20-21H2,1-4H3,(H,35,38)(H,36,37). The molecule has 2 heterocycles. The lowest BCUT2D eigenvalue weighted by Gasteiger charge is -2.32. The van der Waals surface area contributed by atoms with Crippen LogP contribution in [0.4, 0.5) is 4.79 Å². The topological polar surface area (TPSA) is 85.5 Å². The average molecular weight is 547 g/mol. The first-order valence-electron chi connectivity index (χ1n) is 14.0. The van der Waals surface area contributed by atoms with Crippen LogP contribution >= 0.6 is 0 Å². The number of carbonyl (C=O) groups excluding carboxylic acids is 1. The van der Waals surface area contributed by atoms with Crippen molar-refractivity contribution in [3.8, 4) is 22.4 Å². The summed E-state index contributed by atoms with van der Waals surface area (Å²) in [4.78, 5) is 13.0. The van der Waals surface area contributed by atoms with Crippen molar-refractivity contribution < 1.29 is 18.8 Å². The van der Waals surface area contributed by atoms with Crippen molar-refractivity contribution in [2.45, 2.75) is 44.8 Å². The van der Waals surface area contributed by atoms with Crippen LogP contribution in [0.15, 0.2) is 90.5 Å². The molecule has 2 aliphatic rings.